The van der Waals surface area contributed by atoms with Crippen LogP contribution in [0.25, 0.3) is 0 Å². The van der Waals surface area contributed by atoms with Gasteiger partial charge in [0.2, 0.25) is 11.5 Å². The van der Waals surface area contributed by atoms with Crippen LogP contribution in [-0.4, -0.2) is 29.4 Å². The highest BCUT2D eigenvalue weighted by Gasteiger charge is 2.31. The van der Waals surface area contributed by atoms with Crippen LogP contribution in [0.4, 0.5) is 5.69 Å². The van der Waals surface area contributed by atoms with E-state index in [1.807, 2.05) is 6.07 Å². The van der Waals surface area contributed by atoms with Crippen molar-refractivity contribution in [1.82, 2.24) is 10.3 Å². The summed E-state index contributed by atoms with van der Waals surface area (Å²) in [4.78, 5) is 40.3. The standard InChI is InChI=1S/C17H16ClN3O3/c18-11-5-1-2-8-14(11)21-10-4-7-13(17(21)24)20-16(23)12-6-3-9-15(22)19-12/h1-3,5-6,8-9,13H,4,7,10H2,(H,19,22)(H,20,23)/t13-/m0/s1. The van der Waals surface area contributed by atoms with Gasteiger partial charge < -0.3 is 15.2 Å². The number of benzene rings is 1. The Morgan fingerprint density at radius 1 is 1.17 bits per heavy atom. The van der Waals surface area contributed by atoms with E-state index in [-0.39, 0.29) is 17.2 Å². The number of hydrogen-bond acceptors (Lipinski definition) is 3. The number of piperidine rings is 1. The molecule has 0 saturated carbocycles. The molecule has 2 amide bonds. The van der Waals surface area contributed by atoms with Crippen LogP contribution >= 0.6 is 11.6 Å². The van der Waals surface area contributed by atoms with Gasteiger partial charge in [0.1, 0.15) is 11.7 Å². The van der Waals surface area contributed by atoms with Gasteiger partial charge in [0.25, 0.3) is 5.91 Å². The van der Waals surface area contributed by atoms with Crippen molar-refractivity contribution >= 4 is 29.1 Å². The number of nitrogens with one attached hydrogen (secondary N) is 2. The first kappa shape index (κ1) is 16.3. The number of carbonyl (C=O) groups excluding carboxylic acids is 2. The van der Waals surface area contributed by atoms with Crippen molar-refractivity contribution in [2.45, 2.75) is 18.9 Å². The molecule has 0 spiro atoms. The lowest BCUT2D eigenvalue weighted by atomic mass is 10.0. The number of H-pyrrole nitrogens is 1. The van der Waals surface area contributed by atoms with E-state index in [4.69, 9.17) is 11.6 Å². The van der Waals surface area contributed by atoms with Crippen molar-refractivity contribution in [2.75, 3.05) is 11.4 Å². The van der Waals surface area contributed by atoms with Crippen LogP contribution in [0.2, 0.25) is 5.02 Å². The van der Waals surface area contributed by atoms with Gasteiger partial charge in [-0.2, -0.15) is 0 Å². The highest BCUT2D eigenvalue weighted by molar-refractivity contribution is 6.33. The van der Waals surface area contributed by atoms with Crippen LogP contribution < -0.4 is 15.8 Å². The summed E-state index contributed by atoms with van der Waals surface area (Å²) < 4.78 is 0. The summed E-state index contributed by atoms with van der Waals surface area (Å²) in [6.45, 7) is 0.553. The zero-order valence-electron chi connectivity index (χ0n) is 12.8. The average Bonchev–Trinajstić information content (AvgIpc) is 2.57. The second-order valence-electron chi connectivity index (χ2n) is 5.54. The minimum Gasteiger partial charge on any atom is -0.339 e. The number of aromatic amines is 1. The molecule has 1 aromatic heterocycles. The number of anilines is 1. The third kappa shape index (κ3) is 3.33. The van der Waals surface area contributed by atoms with Crippen LogP contribution in [0.3, 0.4) is 0 Å². The van der Waals surface area contributed by atoms with E-state index < -0.39 is 11.9 Å². The Balaban J connectivity index is 1.77. The summed E-state index contributed by atoms with van der Waals surface area (Å²) >= 11 is 6.17. The van der Waals surface area contributed by atoms with E-state index in [9.17, 15) is 14.4 Å². The van der Waals surface area contributed by atoms with Gasteiger partial charge in [0.15, 0.2) is 0 Å². The summed E-state index contributed by atoms with van der Waals surface area (Å²) in [5.74, 6) is -0.687. The first-order valence-corrected chi connectivity index (χ1v) is 8.00. The molecule has 1 saturated heterocycles. The normalized spacial score (nSPS) is 17.6. The minimum atomic E-state index is -0.647. The fraction of sp³-hybridized carbons (Fsp3) is 0.235. The van der Waals surface area contributed by atoms with Crippen molar-refractivity contribution in [3.8, 4) is 0 Å². The number of hydrogen-bond donors (Lipinski definition) is 2. The number of halogens is 1. The molecule has 3 rings (SSSR count). The lowest BCUT2D eigenvalue weighted by Crippen LogP contribution is -2.52. The van der Waals surface area contributed by atoms with Gasteiger partial charge in [-0.15, -0.1) is 0 Å². The second-order valence-corrected chi connectivity index (χ2v) is 5.95. The number of rotatable bonds is 3. The number of para-hydroxylation sites is 1. The van der Waals surface area contributed by atoms with Gasteiger partial charge in [-0.05, 0) is 31.0 Å². The van der Waals surface area contributed by atoms with Gasteiger partial charge >= 0.3 is 0 Å². The molecular weight excluding hydrogens is 330 g/mol. The maximum absolute atomic E-state index is 12.7. The Hall–Kier alpha value is -2.60. The number of carbonyl (C=O) groups is 2. The van der Waals surface area contributed by atoms with Crippen LogP contribution in [0.15, 0.2) is 47.3 Å². The lowest BCUT2D eigenvalue weighted by molar-refractivity contribution is -0.121. The number of amides is 2. The van der Waals surface area contributed by atoms with Crippen molar-refractivity contribution < 1.29 is 9.59 Å². The Morgan fingerprint density at radius 3 is 2.71 bits per heavy atom. The molecule has 1 aromatic carbocycles. The molecule has 0 aliphatic carbocycles. The summed E-state index contributed by atoms with van der Waals surface area (Å²) in [6, 6.07) is 10.8. The predicted octanol–water partition coefficient (Wildman–Crippen LogP) is 1.95. The number of aromatic nitrogens is 1. The zero-order valence-corrected chi connectivity index (χ0v) is 13.5. The SMILES string of the molecule is O=C(N[C@H]1CCCN(c2ccccc2Cl)C1=O)c1cccc(=O)[nH]1. The molecule has 1 atom stereocenters. The Labute approximate surface area is 143 Å². The van der Waals surface area contributed by atoms with E-state index >= 15 is 0 Å². The van der Waals surface area contributed by atoms with Crippen molar-refractivity contribution in [1.29, 1.82) is 0 Å². The molecule has 1 aliphatic rings. The van der Waals surface area contributed by atoms with Gasteiger partial charge in [-0.3, -0.25) is 14.4 Å². The molecule has 6 nitrogen and oxygen atoms in total. The maximum atomic E-state index is 12.7. The molecule has 2 N–H and O–H groups in total. The van der Waals surface area contributed by atoms with E-state index in [0.717, 1.165) is 6.42 Å². The Bertz CT molecular complexity index is 834. The third-order valence-electron chi connectivity index (χ3n) is 3.90. The Morgan fingerprint density at radius 2 is 1.96 bits per heavy atom. The van der Waals surface area contributed by atoms with Crippen molar-refractivity contribution in [3.05, 3.63) is 63.5 Å². The largest absolute Gasteiger partial charge is 0.339 e. The number of nitrogens with zero attached hydrogens (tertiary/aromatic N) is 1. The molecule has 0 radical (unpaired) electrons. The second kappa shape index (κ2) is 6.88. The molecule has 24 heavy (non-hydrogen) atoms. The topological polar surface area (TPSA) is 82.3 Å². The van der Waals surface area contributed by atoms with Gasteiger partial charge in [-0.25, -0.2) is 0 Å². The summed E-state index contributed by atoms with van der Waals surface area (Å²) in [5, 5.41) is 3.18. The molecule has 0 bridgehead atoms. The van der Waals surface area contributed by atoms with Crippen LogP contribution in [-0.2, 0) is 4.79 Å². The quantitative estimate of drug-likeness (QED) is 0.892. The van der Waals surface area contributed by atoms with E-state index in [1.54, 1.807) is 23.1 Å². The van der Waals surface area contributed by atoms with E-state index in [1.165, 1.54) is 18.2 Å². The minimum absolute atomic E-state index is 0.130. The highest BCUT2D eigenvalue weighted by atomic mass is 35.5. The van der Waals surface area contributed by atoms with E-state index in [2.05, 4.69) is 10.3 Å². The first-order valence-electron chi connectivity index (χ1n) is 7.62. The van der Waals surface area contributed by atoms with Crippen LogP contribution in [0.1, 0.15) is 23.3 Å². The predicted molar refractivity (Wildman–Crippen MR) is 91.4 cm³/mol. The summed E-state index contributed by atoms with van der Waals surface area (Å²) in [6.07, 6.45) is 1.29. The molecule has 1 fully saturated rings. The third-order valence-corrected chi connectivity index (χ3v) is 4.22. The summed E-state index contributed by atoms with van der Waals surface area (Å²) in [7, 11) is 0. The fourth-order valence-electron chi connectivity index (χ4n) is 2.74. The maximum Gasteiger partial charge on any atom is 0.268 e. The highest BCUT2D eigenvalue weighted by Crippen LogP contribution is 2.28. The van der Waals surface area contributed by atoms with Crippen molar-refractivity contribution in [2.24, 2.45) is 0 Å². The average molecular weight is 346 g/mol. The van der Waals surface area contributed by atoms with E-state index in [0.29, 0.717) is 23.7 Å². The molecule has 2 heterocycles. The summed E-state index contributed by atoms with van der Waals surface area (Å²) in [5.41, 5.74) is 0.400. The first-order chi connectivity index (χ1) is 11.6. The molecule has 7 heteroatoms. The van der Waals surface area contributed by atoms with Crippen molar-refractivity contribution in [3.63, 3.8) is 0 Å². The smallest absolute Gasteiger partial charge is 0.268 e. The van der Waals surface area contributed by atoms with Crippen LogP contribution in [0.5, 0.6) is 0 Å². The fourth-order valence-corrected chi connectivity index (χ4v) is 2.97. The van der Waals surface area contributed by atoms with Gasteiger partial charge in [-0.1, -0.05) is 29.8 Å². The van der Waals surface area contributed by atoms with Gasteiger partial charge in [0.05, 0.1) is 10.7 Å². The number of pyridine rings is 1. The molecule has 1 aliphatic heterocycles. The van der Waals surface area contributed by atoms with Crippen LogP contribution in [0, 0.1) is 0 Å². The zero-order chi connectivity index (χ0) is 17.1. The Kier molecular flexibility index (Phi) is 4.66. The monoisotopic (exact) mass is 345 g/mol. The molecule has 124 valence electrons. The lowest BCUT2D eigenvalue weighted by Gasteiger charge is -2.33. The molecule has 0 unspecified atom stereocenters. The molecular formula is C17H16ClN3O3. The van der Waals surface area contributed by atoms with Gasteiger partial charge in [0, 0.05) is 12.6 Å². The molecule has 2 aromatic rings.